The molecule has 0 unspecified atom stereocenters. The van der Waals surface area contributed by atoms with E-state index in [1.165, 1.54) is 0 Å². The molecule has 1 amide bonds. The average Bonchev–Trinajstić information content (AvgIpc) is 3.26. The van der Waals surface area contributed by atoms with Crippen molar-refractivity contribution in [2.75, 3.05) is 14.2 Å². The first-order valence-electron chi connectivity index (χ1n) is 8.28. The molecule has 0 bridgehead atoms. The van der Waals surface area contributed by atoms with Gasteiger partial charge in [-0.15, -0.1) is 0 Å². The van der Waals surface area contributed by atoms with Gasteiger partial charge in [0, 0.05) is 17.5 Å². The number of aromatic nitrogens is 2. The van der Waals surface area contributed by atoms with Crippen LogP contribution >= 0.6 is 0 Å². The maximum Gasteiger partial charge on any atom is 0.246 e. The highest BCUT2D eigenvalue weighted by molar-refractivity contribution is 5.79. The molecule has 9 heteroatoms. The number of methoxy groups -OCH3 is 2. The number of hydrogen-bond donors (Lipinski definition) is 3. The quantitative estimate of drug-likeness (QED) is 0.675. The van der Waals surface area contributed by atoms with Gasteiger partial charge in [-0.1, -0.05) is 5.16 Å². The Morgan fingerprint density at radius 1 is 1.35 bits per heavy atom. The largest absolute Gasteiger partial charge is 0.493 e. The van der Waals surface area contributed by atoms with Crippen LogP contribution in [0.4, 0.5) is 0 Å². The number of carbonyl (C=O) groups excluding carboxylic acids is 1. The fraction of sp³-hybridized carbons (Fsp3) is 0.471. The van der Waals surface area contributed by atoms with Crippen LogP contribution in [-0.4, -0.2) is 47.5 Å². The summed E-state index contributed by atoms with van der Waals surface area (Å²) in [5, 5.41) is 16.3. The number of carbonyl (C=O) groups is 1. The molecule has 26 heavy (non-hydrogen) atoms. The van der Waals surface area contributed by atoms with Gasteiger partial charge in [-0.05, 0) is 31.0 Å². The molecular formula is C17H22N4O5. The van der Waals surface area contributed by atoms with Crippen molar-refractivity contribution >= 4 is 5.91 Å². The lowest BCUT2D eigenvalue weighted by molar-refractivity contribution is -0.125. The topological polar surface area (TPSA) is 133 Å². The Bertz CT molecular complexity index is 768. The van der Waals surface area contributed by atoms with Gasteiger partial charge >= 0.3 is 0 Å². The third-order valence-corrected chi connectivity index (χ3v) is 4.47. The van der Waals surface area contributed by atoms with Crippen LogP contribution < -0.4 is 20.5 Å². The normalized spacial score (nSPS) is 22.2. The molecule has 1 aliphatic carbocycles. The first-order chi connectivity index (χ1) is 12.5. The number of amides is 1. The summed E-state index contributed by atoms with van der Waals surface area (Å²) in [5.41, 5.74) is 6.44. The van der Waals surface area contributed by atoms with Gasteiger partial charge in [-0.3, -0.25) is 4.79 Å². The van der Waals surface area contributed by atoms with Crippen LogP contribution in [0.5, 0.6) is 11.5 Å². The van der Waals surface area contributed by atoms with E-state index in [9.17, 15) is 9.90 Å². The molecule has 0 saturated heterocycles. The second-order valence-electron chi connectivity index (χ2n) is 6.20. The molecule has 3 atom stereocenters. The van der Waals surface area contributed by atoms with Crippen molar-refractivity contribution < 1.29 is 23.9 Å². The van der Waals surface area contributed by atoms with Crippen molar-refractivity contribution in [3.8, 4) is 22.9 Å². The predicted octanol–water partition coefficient (Wildman–Crippen LogP) is 0.468. The molecule has 0 radical (unpaired) electrons. The Morgan fingerprint density at radius 2 is 2.12 bits per heavy atom. The molecule has 1 aromatic carbocycles. The van der Waals surface area contributed by atoms with E-state index >= 15 is 0 Å². The van der Waals surface area contributed by atoms with Crippen molar-refractivity contribution in [2.45, 2.75) is 31.5 Å². The summed E-state index contributed by atoms with van der Waals surface area (Å²) >= 11 is 0. The third-order valence-electron chi connectivity index (χ3n) is 4.47. The number of aliphatic hydroxyl groups is 1. The van der Waals surface area contributed by atoms with Gasteiger partial charge in [0.05, 0.1) is 26.9 Å². The van der Waals surface area contributed by atoms with Crippen LogP contribution in [0, 0.1) is 5.92 Å². The average molecular weight is 362 g/mol. The second-order valence-corrected chi connectivity index (χ2v) is 6.20. The molecule has 1 heterocycles. The third kappa shape index (κ3) is 3.78. The molecule has 1 saturated carbocycles. The lowest BCUT2D eigenvalue weighted by Gasteiger charge is -2.08. The molecule has 3 rings (SSSR count). The smallest absolute Gasteiger partial charge is 0.246 e. The zero-order chi connectivity index (χ0) is 18.7. The minimum absolute atomic E-state index is 0.112. The Labute approximate surface area is 150 Å². The predicted molar refractivity (Wildman–Crippen MR) is 91.4 cm³/mol. The number of ether oxygens (including phenoxy) is 2. The van der Waals surface area contributed by atoms with Gasteiger partial charge in [0.25, 0.3) is 0 Å². The standard InChI is InChI=1S/C17H22N4O5/c1-24-13-4-3-9(7-14(13)25-2)16-20-15(26-21-16)8-19-17(23)10-5-11(18)12(22)6-10/h3-4,7,10-12,22H,5-6,8,18H2,1-2H3,(H,19,23)/t10-,11-,12-/m0/s1. The van der Waals surface area contributed by atoms with Crippen LogP contribution in [-0.2, 0) is 11.3 Å². The molecule has 0 aliphatic heterocycles. The highest BCUT2D eigenvalue weighted by Crippen LogP contribution is 2.31. The van der Waals surface area contributed by atoms with Crippen LogP contribution in [0.1, 0.15) is 18.7 Å². The number of aliphatic hydroxyl groups excluding tert-OH is 1. The second kappa shape index (κ2) is 7.71. The van der Waals surface area contributed by atoms with Crippen molar-refractivity contribution in [2.24, 2.45) is 11.7 Å². The number of rotatable bonds is 6. The Morgan fingerprint density at radius 3 is 2.77 bits per heavy atom. The summed E-state index contributed by atoms with van der Waals surface area (Å²) in [5.74, 6) is 1.35. The zero-order valence-corrected chi connectivity index (χ0v) is 14.6. The molecule has 1 aromatic heterocycles. The Kier molecular flexibility index (Phi) is 5.38. The highest BCUT2D eigenvalue weighted by Gasteiger charge is 2.34. The molecule has 9 nitrogen and oxygen atoms in total. The van der Waals surface area contributed by atoms with Crippen molar-refractivity contribution in [1.82, 2.24) is 15.5 Å². The van der Waals surface area contributed by atoms with Crippen molar-refractivity contribution in [3.63, 3.8) is 0 Å². The Hall–Kier alpha value is -2.65. The number of nitrogens with zero attached hydrogens (tertiary/aromatic N) is 2. The fourth-order valence-corrected chi connectivity index (χ4v) is 2.99. The van der Waals surface area contributed by atoms with Gasteiger partial charge in [-0.2, -0.15) is 4.98 Å². The van der Waals surface area contributed by atoms with Crippen molar-refractivity contribution in [3.05, 3.63) is 24.1 Å². The van der Waals surface area contributed by atoms with Gasteiger partial charge in [0.1, 0.15) is 0 Å². The Balaban J connectivity index is 1.62. The van der Waals surface area contributed by atoms with Crippen LogP contribution in [0.15, 0.2) is 22.7 Å². The van der Waals surface area contributed by atoms with Gasteiger partial charge in [-0.25, -0.2) is 0 Å². The number of hydrogen-bond acceptors (Lipinski definition) is 8. The maximum atomic E-state index is 12.1. The SMILES string of the molecule is COc1ccc(-c2noc(CNC(=O)[C@H]3C[C@H](N)[C@@H](O)C3)n2)cc1OC. The molecule has 140 valence electrons. The maximum absolute atomic E-state index is 12.1. The lowest BCUT2D eigenvalue weighted by Crippen LogP contribution is -2.30. The van der Waals surface area contributed by atoms with E-state index in [2.05, 4.69) is 15.5 Å². The van der Waals surface area contributed by atoms with E-state index in [-0.39, 0.29) is 30.3 Å². The van der Waals surface area contributed by atoms with E-state index in [0.717, 1.165) is 0 Å². The fourth-order valence-electron chi connectivity index (χ4n) is 2.99. The zero-order valence-electron chi connectivity index (χ0n) is 14.6. The molecule has 2 aromatic rings. The monoisotopic (exact) mass is 362 g/mol. The number of benzene rings is 1. The molecule has 4 N–H and O–H groups in total. The van der Waals surface area contributed by atoms with Crippen molar-refractivity contribution in [1.29, 1.82) is 0 Å². The molecule has 1 aliphatic rings. The first kappa shape index (κ1) is 18.2. The van der Waals surface area contributed by atoms with E-state index in [1.54, 1.807) is 32.4 Å². The van der Waals surface area contributed by atoms with Gasteiger partial charge < -0.3 is 30.2 Å². The minimum atomic E-state index is -0.634. The number of nitrogens with one attached hydrogen (secondary N) is 1. The van der Waals surface area contributed by atoms with E-state index in [0.29, 0.717) is 35.7 Å². The molecule has 0 spiro atoms. The van der Waals surface area contributed by atoms with Gasteiger partial charge in [0.2, 0.25) is 17.6 Å². The lowest BCUT2D eigenvalue weighted by atomic mass is 10.1. The summed E-state index contributed by atoms with van der Waals surface area (Å²) in [6, 6.07) is 4.93. The summed E-state index contributed by atoms with van der Waals surface area (Å²) < 4.78 is 15.6. The van der Waals surface area contributed by atoms with Crippen LogP contribution in [0.3, 0.4) is 0 Å². The highest BCUT2D eigenvalue weighted by atomic mass is 16.5. The number of nitrogens with two attached hydrogens (primary N) is 1. The minimum Gasteiger partial charge on any atom is -0.493 e. The summed E-state index contributed by atoms with van der Waals surface area (Å²) in [4.78, 5) is 16.4. The molecular weight excluding hydrogens is 340 g/mol. The molecule has 1 fully saturated rings. The van der Waals surface area contributed by atoms with Gasteiger partial charge in [0.15, 0.2) is 11.5 Å². The van der Waals surface area contributed by atoms with E-state index in [4.69, 9.17) is 19.7 Å². The summed E-state index contributed by atoms with van der Waals surface area (Å²) in [6.45, 7) is 0.112. The summed E-state index contributed by atoms with van der Waals surface area (Å²) in [7, 11) is 3.10. The summed E-state index contributed by atoms with van der Waals surface area (Å²) in [6.07, 6.45) is 0.201. The van der Waals surface area contributed by atoms with E-state index in [1.807, 2.05) is 0 Å². The first-order valence-corrected chi connectivity index (χ1v) is 8.28. The van der Waals surface area contributed by atoms with Crippen LogP contribution in [0.25, 0.3) is 11.4 Å². The van der Waals surface area contributed by atoms with E-state index < -0.39 is 6.10 Å². The van der Waals surface area contributed by atoms with Crippen LogP contribution in [0.2, 0.25) is 0 Å².